The molecule has 0 aliphatic carbocycles. The predicted molar refractivity (Wildman–Crippen MR) is 135 cm³/mol. The van der Waals surface area contributed by atoms with Gasteiger partial charge in [-0.25, -0.2) is 9.59 Å². The van der Waals surface area contributed by atoms with Crippen LogP contribution in [0.5, 0.6) is 0 Å². The molecule has 0 saturated heterocycles. The average Bonchev–Trinajstić information content (AvgIpc) is 2.87. The summed E-state index contributed by atoms with van der Waals surface area (Å²) in [5.41, 5.74) is 8.24. The van der Waals surface area contributed by atoms with Gasteiger partial charge < -0.3 is 30.4 Å². The van der Waals surface area contributed by atoms with Gasteiger partial charge in [0.1, 0.15) is 6.04 Å². The van der Waals surface area contributed by atoms with Gasteiger partial charge in [-0.15, -0.1) is 0 Å². The maximum Gasteiger partial charge on any atom is 0.407 e. The summed E-state index contributed by atoms with van der Waals surface area (Å²) in [7, 11) is 1.18. The molecule has 2 unspecified atom stereocenters. The number of nitrogens with one attached hydrogen (secondary N) is 1. The molecule has 2 aromatic carbocycles. The van der Waals surface area contributed by atoms with E-state index in [0.29, 0.717) is 6.42 Å². The summed E-state index contributed by atoms with van der Waals surface area (Å²) >= 11 is 0. The Morgan fingerprint density at radius 2 is 1.61 bits per heavy atom. The Morgan fingerprint density at radius 1 is 1.00 bits per heavy atom. The quantitative estimate of drug-likeness (QED) is 0.299. The van der Waals surface area contributed by atoms with Crippen molar-refractivity contribution in [1.82, 2.24) is 5.32 Å². The first-order valence-corrected chi connectivity index (χ1v) is 11.8. The number of rotatable bonds is 12. The van der Waals surface area contributed by atoms with E-state index in [1.54, 1.807) is 20.8 Å². The smallest absolute Gasteiger partial charge is 0.407 e. The average molecular weight is 501 g/mol. The molecule has 0 spiro atoms. The molecule has 2 rings (SSSR count). The number of methoxy groups -OCH3 is 1. The number of aliphatic hydroxyl groups is 1. The van der Waals surface area contributed by atoms with Crippen LogP contribution >= 0.6 is 0 Å². The van der Waals surface area contributed by atoms with E-state index in [2.05, 4.69) is 10.1 Å². The van der Waals surface area contributed by atoms with E-state index in [1.165, 1.54) is 7.11 Å². The van der Waals surface area contributed by atoms with Crippen molar-refractivity contribution in [3.8, 4) is 11.1 Å². The van der Waals surface area contributed by atoms with Crippen molar-refractivity contribution in [1.29, 1.82) is 0 Å². The molecule has 0 saturated carbocycles. The molecule has 1 amide bonds. The summed E-state index contributed by atoms with van der Waals surface area (Å²) in [6.07, 6.45) is -0.114. The number of amides is 1. The number of benzene rings is 2. The molecule has 0 aliphatic heterocycles. The summed E-state index contributed by atoms with van der Waals surface area (Å²) < 4.78 is 14.6. The lowest BCUT2D eigenvalue weighted by molar-refractivity contribution is -0.178. The third kappa shape index (κ3) is 8.35. The van der Waals surface area contributed by atoms with Crippen molar-refractivity contribution in [2.24, 2.45) is 17.1 Å². The van der Waals surface area contributed by atoms with Crippen molar-refractivity contribution in [3.63, 3.8) is 0 Å². The summed E-state index contributed by atoms with van der Waals surface area (Å²) in [6, 6.07) is 16.6. The second kappa shape index (κ2) is 13.6. The van der Waals surface area contributed by atoms with Crippen molar-refractivity contribution < 1.29 is 33.7 Å². The van der Waals surface area contributed by atoms with Crippen LogP contribution < -0.4 is 11.1 Å². The lowest BCUT2D eigenvalue weighted by atomic mass is 9.83. The minimum atomic E-state index is -1.28. The lowest BCUT2D eigenvalue weighted by Gasteiger charge is -2.28. The molecule has 4 N–H and O–H groups in total. The molecule has 36 heavy (non-hydrogen) atoms. The minimum Gasteiger partial charge on any atom is -0.453 e. The number of alkyl carbamates (subject to hydrolysis) is 1. The zero-order valence-electron chi connectivity index (χ0n) is 21.2. The summed E-state index contributed by atoms with van der Waals surface area (Å²) in [5.74, 6) is -1.80. The molecule has 9 nitrogen and oxygen atoms in total. The van der Waals surface area contributed by atoms with Crippen molar-refractivity contribution in [3.05, 3.63) is 60.2 Å². The zero-order chi connectivity index (χ0) is 26.7. The Kier molecular flexibility index (Phi) is 10.9. The predicted octanol–water partition coefficient (Wildman–Crippen LogP) is 3.04. The molecule has 2 aromatic rings. The molecule has 0 aromatic heterocycles. The molecular weight excluding hydrogens is 464 g/mol. The highest BCUT2D eigenvalue weighted by Gasteiger charge is 2.36. The maximum absolute atomic E-state index is 12.7. The van der Waals surface area contributed by atoms with Crippen LogP contribution in [0, 0.1) is 11.3 Å². The second-order valence-electron chi connectivity index (χ2n) is 9.32. The first kappa shape index (κ1) is 28.8. The molecule has 0 heterocycles. The molecule has 3 atom stereocenters. The fourth-order valence-electron chi connectivity index (χ4n) is 3.72. The van der Waals surface area contributed by atoms with E-state index < -0.39 is 48.9 Å². The van der Waals surface area contributed by atoms with Crippen LogP contribution in [-0.4, -0.2) is 55.7 Å². The number of aliphatic hydroxyl groups excluding tert-OH is 1. The highest BCUT2D eigenvalue weighted by atomic mass is 16.7. The molecule has 0 aliphatic rings. The van der Waals surface area contributed by atoms with Gasteiger partial charge in [0, 0.05) is 6.04 Å². The molecule has 0 fully saturated rings. The van der Waals surface area contributed by atoms with Gasteiger partial charge in [-0.3, -0.25) is 4.79 Å². The van der Waals surface area contributed by atoms with E-state index >= 15 is 0 Å². The normalized spacial score (nSPS) is 14.3. The van der Waals surface area contributed by atoms with Gasteiger partial charge in [-0.2, -0.15) is 0 Å². The number of ether oxygens (including phenoxy) is 3. The Bertz CT molecular complexity index is 995. The van der Waals surface area contributed by atoms with E-state index in [1.807, 2.05) is 54.6 Å². The van der Waals surface area contributed by atoms with Gasteiger partial charge in [0.05, 0.1) is 19.1 Å². The van der Waals surface area contributed by atoms with Gasteiger partial charge in [0.25, 0.3) is 0 Å². The van der Waals surface area contributed by atoms with Crippen LogP contribution in [0.1, 0.15) is 32.8 Å². The van der Waals surface area contributed by atoms with Crippen LogP contribution in [0.15, 0.2) is 54.6 Å². The molecule has 196 valence electrons. The lowest BCUT2D eigenvalue weighted by Crippen LogP contribution is -2.46. The van der Waals surface area contributed by atoms with E-state index in [0.717, 1.165) is 16.7 Å². The number of carbonyl (C=O) groups is 3. The van der Waals surface area contributed by atoms with Crippen LogP contribution in [0.3, 0.4) is 0 Å². The van der Waals surface area contributed by atoms with E-state index in [-0.39, 0.29) is 12.3 Å². The monoisotopic (exact) mass is 500 g/mol. The Labute approximate surface area is 211 Å². The highest BCUT2D eigenvalue weighted by molar-refractivity contribution is 5.81. The van der Waals surface area contributed by atoms with Gasteiger partial charge in [0.2, 0.25) is 6.79 Å². The van der Waals surface area contributed by atoms with Gasteiger partial charge in [-0.1, -0.05) is 68.4 Å². The molecule has 0 bridgehead atoms. The topological polar surface area (TPSA) is 137 Å². The van der Waals surface area contributed by atoms with Crippen molar-refractivity contribution in [2.45, 2.75) is 45.7 Å². The van der Waals surface area contributed by atoms with Crippen molar-refractivity contribution >= 4 is 18.0 Å². The number of nitrogens with two attached hydrogens (primary N) is 1. The largest absolute Gasteiger partial charge is 0.453 e. The van der Waals surface area contributed by atoms with E-state index in [9.17, 15) is 19.5 Å². The molecular formula is C27H36N2O7. The number of carbonyl (C=O) groups excluding carboxylic acids is 3. The highest BCUT2D eigenvalue weighted by Crippen LogP contribution is 2.26. The molecule has 9 heteroatoms. The second-order valence-corrected chi connectivity index (χ2v) is 9.32. The Balaban J connectivity index is 1.89. The zero-order valence-corrected chi connectivity index (χ0v) is 21.2. The third-order valence-corrected chi connectivity index (χ3v) is 5.88. The summed E-state index contributed by atoms with van der Waals surface area (Å²) in [4.78, 5) is 36.4. The fraction of sp³-hybridized carbons (Fsp3) is 0.444. The third-order valence-electron chi connectivity index (χ3n) is 5.88. The fourth-order valence-corrected chi connectivity index (χ4v) is 3.72. The van der Waals surface area contributed by atoms with E-state index in [4.69, 9.17) is 15.2 Å². The van der Waals surface area contributed by atoms with Gasteiger partial charge in [-0.05, 0) is 42.4 Å². The first-order valence-electron chi connectivity index (χ1n) is 11.8. The summed E-state index contributed by atoms with van der Waals surface area (Å²) in [5, 5.41) is 12.3. The molecule has 0 radical (unpaired) electrons. The van der Waals surface area contributed by atoms with Gasteiger partial charge in [0.15, 0.2) is 0 Å². The SMILES string of the molecule is COC(=O)N[C@H](C(=O)OCOC(=O)C(C)(CO)CC(N)Cc1ccc(-c2ccccc2)cc1)C(C)C. The van der Waals surface area contributed by atoms with Crippen LogP contribution in [-0.2, 0) is 30.2 Å². The standard InChI is InChI=1S/C27H36N2O7/c1-18(2)23(29-26(33)34-4)24(31)35-17-36-25(32)27(3,16-30)15-22(28)14-19-10-12-21(13-11-19)20-8-6-5-7-9-20/h5-13,18,22-23,30H,14-17,28H2,1-4H3,(H,29,33)/t22?,23-,27?/m0/s1. The summed E-state index contributed by atoms with van der Waals surface area (Å²) in [6.45, 7) is 3.83. The maximum atomic E-state index is 12.7. The minimum absolute atomic E-state index is 0.162. The Morgan fingerprint density at radius 3 is 2.17 bits per heavy atom. The Hall–Kier alpha value is -3.43. The van der Waals surface area contributed by atoms with Crippen LogP contribution in [0.25, 0.3) is 11.1 Å². The van der Waals surface area contributed by atoms with Crippen LogP contribution in [0.2, 0.25) is 0 Å². The number of hydrogen-bond acceptors (Lipinski definition) is 8. The first-order chi connectivity index (χ1) is 17.1. The van der Waals surface area contributed by atoms with Gasteiger partial charge >= 0.3 is 18.0 Å². The number of hydrogen-bond donors (Lipinski definition) is 3. The van der Waals surface area contributed by atoms with Crippen molar-refractivity contribution in [2.75, 3.05) is 20.5 Å². The van der Waals surface area contributed by atoms with Crippen LogP contribution in [0.4, 0.5) is 4.79 Å². The number of esters is 2.